The van der Waals surface area contributed by atoms with Gasteiger partial charge in [-0.25, -0.2) is 4.98 Å². The summed E-state index contributed by atoms with van der Waals surface area (Å²) in [5.41, 5.74) is 0.351. The summed E-state index contributed by atoms with van der Waals surface area (Å²) in [6.45, 7) is 0.0832. The zero-order valence-corrected chi connectivity index (χ0v) is 8.57. The van der Waals surface area contributed by atoms with Gasteiger partial charge in [-0.15, -0.1) is 0 Å². The molecule has 0 saturated heterocycles. The van der Waals surface area contributed by atoms with Gasteiger partial charge in [-0.05, 0) is 0 Å². The molecule has 0 fully saturated rings. The Morgan fingerprint density at radius 2 is 2.12 bits per heavy atom. The van der Waals surface area contributed by atoms with Gasteiger partial charge < -0.3 is 14.0 Å². The lowest BCUT2D eigenvalue weighted by atomic mass is 10.2. The molecule has 2 aromatic rings. The number of hydrogen-bond acceptors (Lipinski definition) is 5. The molecule has 3 rings (SSSR count). The van der Waals surface area contributed by atoms with Crippen LogP contribution in [0, 0.1) is 10.1 Å². The van der Waals surface area contributed by atoms with Crippen molar-refractivity contribution in [1.29, 1.82) is 0 Å². The van der Waals surface area contributed by atoms with Crippen LogP contribution in [0.25, 0.3) is 5.69 Å². The number of benzene rings is 1. The van der Waals surface area contributed by atoms with Crippen molar-refractivity contribution in [3.05, 3.63) is 41.0 Å². The van der Waals surface area contributed by atoms with Gasteiger partial charge >= 0.3 is 0 Å². The first-order chi connectivity index (χ1) is 8.25. The first-order valence-electron chi connectivity index (χ1n) is 4.82. The highest BCUT2D eigenvalue weighted by molar-refractivity contribution is 5.62. The van der Waals surface area contributed by atoms with Gasteiger partial charge in [0.1, 0.15) is 5.69 Å². The summed E-state index contributed by atoms with van der Waals surface area (Å²) in [5, 5.41) is 11.0. The molecule has 1 aromatic heterocycles. The topological polar surface area (TPSA) is 79.4 Å². The van der Waals surface area contributed by atoms with Crippen molar-refractivity contribution in [2.75, 3.05) is 6.79 Å². The predicted molar refractivity (Wildman–Crippen MR) is 56.3 cm³/mol. The molecule has 0 N–H and O–H groups in total. The minimum absolute atomic E-state index is 0.0488. The molecule has 0 bridgehead atoms. The number of hydrogen-bond donors (Lipinski definition) is 0. The van der Waals surface area contributed by atoms with E-state index < -0.39 is 4.92 Å². The van der Waals surface area contributed by atoms with Crippen LogP contribution in [0.5, 0.6) is 11.5 Å². The normalized spacial score (nSPS) is 12.7. The van der Waals surface area contributed by atoms with Crippen LogP contribution >= 0.6 is 0 Å². The van der Waals surface area contributed by atoms with Crippen LogP contribution in [0.4, 0.5) is 5.69 Å². The van der Waals surface area contributed by atoms with E-state index in [0.717, 1.165) is 0 Å². The van der Waals surface area contributed by atoms with Gasteiger partial charge in [0.15, 0.2) is 11.5 Å². The van der Waals surface area contributed by atoms with Crippen molar-refractivity contribution in [2.45, 2.75) is 0 Å². The second kappa shape index (κ2) is 3.48. The van der Waals surface area contributed by atoms with Crippen molar-refractivity contribution in [1.82, 2.24) is 9.55 Å². The fourth-order valence-corrected chi connectivity index (χ4v) is 1.68. The van der Waals surface area contributed by atoms with Gasteiger partial charge in [-0.2, -0.15) is 0 Å². The van der Waals surface area contributed by atoms with E-state index in [1.807, 2.05) is 0 Å². The van der Waals surface area contributed by atoms with Crippen LogP contribution in [0.2, 0.25) is 0 Å². The molecule has 1 aliphatic heterocycles. The summed E-state index contributed by atoms with van der Waals surface area (Å²) in [4.78, 5) is 14.4. The zero-order valence-electron chi connectivity index (χ0n) is 8.57. The van der Waals surface area contributed by atoms with Crippen LogP contribution in [0.1, 0.15) is 0 Å². The molecule has 0 amide bonds. The molecule has 17 heavy (non-hydrogen) atoms. The summed E-state index contributed by atoms with van der Waals surface area (Å²) >= 11 is 0. The fourth-order valence-electron chi connectivity index (χ4n) is 1.68. The van der Waals surface area contributed by atoms with Gasteiger partial charge in [0.2, 0.25) is 6.79 Å². The van der Waals surface area contributed by atoms with Gasteiger partial charge in [0.05, 0.1) is 17.3 Å². The van der Waals surface area contributed by atoms with E-state index in [9.17, 15) is 10.1 Å². The second-order valence-corrected chi connectivity index (χ2v) is 3.42. The van der Waals surface area contributed by atoms with Crippen molar-refractivity contribution >= 4 is 5.69 Å². The Hall–Kier alpha value is -2.57. The van der Waals surface area contributed by atoms with Crippen molar-refractivity contribution in [3.63, 3.8) is 0 Å². The molecule has 1 aliphatic rings. The second-order valence-electron chi connectivity index (χ2n) is 3.42. The highest BCUT2D eigenvalue weighted by atomic mass is 16.7. The van der Waals surface area contributed by atoms with Gasteiger partial charge in [-0.3, -0.25) is 10.1 Å². The molecular weight excluding hydrogens is 226 g/mol. The van der Waals surface area contributed by atoms with E-state index in [1.54, 1.807) is 23.0 Å². The van der Waals surface area contributed by atoms with E-state index in [1.165, 1.54) is 12.4 Å². The lowest BCUT2D eigenvalue weighted by Crippen LogP contribution is -1.98. The standard InChI is InChI=1S/C10H7N3O4/c14-13(15)8-4-10-9(16-6-17-10)3-7(8)12-2-1-11-5-12/h1-5H,6H2. The highest BCUT2D eigenvalue weighted by Gasteiger charge is 2.24. The Bertz CT molecular complexity index is 579. The lowest BCUT2D eigenvalue weighted by Gasteiger charge is -2.04. The Labute approximate surface area is 95.4 Å². The number of nitro groups is 1. The number of aromatic nitrogens is 2. The molecule has 86 valence electrons. The zero-order chi connectivity index (χ0) is 11.8. The number of nitro benzene ring substituents is 1. The first-order valence-corrected chi connectivity index (χ1v) is 4.82. The molecule has 7 nitrogen and oxygen atoms in total. The first kappa shape index (κ1) is 9.64. The SMILES string of the molecule is O=[N+]([O-])c1cc2c(cc1-n1ccnc1)OCO2. The molecule has 0 atom stereocenters. The lowest BCUT2D eigenvalue weighted by molar-refractivity contribution is -0.384. The Kier molecular flexibility index (Phi) is 1.97. The monoisotopic (exact) mass is 233 g/mol. The number of fused-ring (bicyclic) bond motifs is 1. The minimum Gasteiger partial charge on any atom is -0.454 e. The molecule has 0 spiro atoms. The average Bonchev–Trinajstić information content (AvgIpc) is 2.98. The number of ether oxygens (including phenoxy) is 2. The summed E-state index contributed by atoms with van der Waals surface area (Å²) in [5.74, 6) is 0.889. The van der Waals surface area contributed by atoms with E-state index >= 15 is 0 Å². The third-order valence-electron chi connectivity index (χ3n) is 2.45. The molecule has 2 heterocycles. The smallest absolute Gasteiger partial charge is 0.297 e. The van der Waals surface area contributed by atoms with Gasteiger partial charge in [0, 0.05) is 18.5 Å². The number of imidazole rings is 1. The molecule has 0 saturated carbocycles. The summed E-state index contributed by atoms with van der Waals surface area (Å²) < 4.78 is 11.9. The van der Waals surface area contributed by atoms with Crippen LogP contribution < -0.4 is 9.47 Å². The highest BCUT2D eigenvalue weighted by Crippen LogP contribution is 2.39. The number of rotatable bonds is 2. The third kappa shape index (κ3) is 1.48. The maximum Gasteiger partial charge on any atom is 0.297 e. The third-order valence-corrected chi connectivity index (χ3v) is 2.45. The molecule has 7 heteroatoms. The molecule has 0 unspecified atom stereocenters. The largest absolute Gasteiger partial charge is 0.454 e. The predicted octanol–water partition coefficient (Wildman–Crippen LogP) is 1.51. The Balaban J connectivity index is 2.22. The number of nitrogens with zero attached hydrogens (tertiary/aromatic N) is 3. The summed E-state index contributed by atoms with van der Waals surface area (Å²) in [6, 6.07) is 2.93. The molecule has 0 aliphatic carbocycles. The van der Waals surface area contributed by atoms with E-state index in [-0.39, 0.29) is 12.5 Å². The molecular formula is C10H7N3O4. The summed E-state index contributed by atoms with van der Waals surface area (Å²) in [6.07, 6.45) is 4.67. The van der Waals surface area contributed by atoms with E-state index in [2.05, 4.69) is 4.98 Å². The fraction of sp³-hybridized carbons (Fsp3) is 0.100. The molecule has 0 radical (unpaired) electrons. The van der Waals surface area contributed by atoms with Crippen molar-refractivity contribution in [2.24, 2.45) is 0 Å². The maximum absolute atomic E-state index is 11.0. The van der Waals surface area contributed by atoms with Crippen LogP contribution in [-0.4, -0.2) is 21.3 Å². The van der Waals surface area contributed by atoms with E-state index in [4.69, 9.17) is 9.47 Å². The van der Waals surface area contributed by atoms with Gasteiger partial charge in [0.25, 0.3) is 5.69 Å². The maximum atomic E-state index is 11.0. The minimum atomic E-state index is -0.461. The van der Waals surface area contributed by atoms with Crippen molar-refractivity contribution in [3.8, 4) is 17.2 Å². The Morgan fingerprint density at radius 3 is 2.76 bits per heavy atom. The average molecular weight is 233 g/mol. The quantitative estimate of drug-likeness (QED) is 0.580. The van der Waals surface area contributed by atoms with Crippen LogP contribution in [0.3, 0.4) is 0 Å². The molecule has 1 aromatic carbocycles. The van der Waals surface area contributed by atoms with Gasteiger partial charge in [-0.1, -0.05) is 0 Å². The van der Waals surface area contributed by atoms with Crippen LogP contribution in [-0.2, 0) is 0 Å². The summed E-state index contributed by atoms with van der Waals surface area (Å²) in [7, 11) is 0. The Morgan fingerprint density at radius 1 is 1.35 bits per heavy atom. The van der Waals surface area contributed by atoms with Crippen LogP contribution in [0.15, 0.2) is 30.9 Å². The van der Waals surface area contributed by atoms with E-state index in [0.29, 0.717) is 17.2 Å². The van der Waals surface area contributed by atoms with Crippen molar-refractivity contribution < 1.29 is 14.4 Å².